The number of para-hydroxylation sites is 1. The second-order valence-corrected chi connectivity index (χ2v) is 5.87. The Hall–Kier alpha value is -1.52. The van der Waals surface area contributed by atoms with E-state index >= 15 is 0 Å². The lowest BCUT2D eigenvalue weighted by atomic mass is 10.1. The first-order valence-electron chi connectivity index (χ1n) is 7.66. The molecule has 4 nitrogen and oxygen atoms in total. The predicted octanol–water partition coefficient (Wildman–Crippen LogP) is 3.25. The molecule has 2 N–H and O–H groups in total. The molecule has 3 rings (SSSR count). The molecule has 1 aliphatic carbocycles. The first-order chi connectivity index (χ1) is 10.2. The van der Waals surface area contributed by atoms with E-state index in [0.29, 0.717) is 12.0 Å². The molecule has 0 amide bonds. The second kappa shape index (κ2) is 6.08. The SMILES string of the molecule is COc1cccc2cc(C(C)NC(CCO)C3CC3)oc12. The molecule has 1 aromatic carbocycles. The standard InChI is InChI=1S/C17H23NO3/c1-11(18-14(8-9-19)12-6-7-12)16-10-13-4-3-5-15(20-2)17(13)21-16/h3-5,10-12,14,18-19H,6-9H2,1-2H3. The minimum atomic E-state index is 0.124. The molecule has 21 heavy (non-hydrogen) atoms. The predicted molar refractivity (Wildman–Crippen MR) is 82.5 cm³/mol. The van der Waals surface area contributed by atoms with Gasteiger partial charge in [-0.05, 0) is 44.2 Å². The van der Waals surface area contributed by atoms with Crippen LogP contribution in [0.3, 0.4) is 0 Å². The van der Waals surface area contributed by atoms with Crippen LogP contribution in [0.5, 0.6) is 5.75 Å². The van der Waals surface area contributed by atoms with Crippen molar-refractivity contribution < 1.29 is 14.3 Å². The Labute approximate surface area is 125 Å². The monoisotopic (exact) mass is 289 g/mol. The Morgan fingerprint density at radius 3 is 2.90 bits per heavy atom. The van der Waals surface area contributed by atoms with Crippen molar-refractivity contribution in [2.45, 2.75) is 38.3 Å². The number of methoxy groups -OCH3 is 1. The summed E-state index contributed by atoms with van der Waals surface area (Å²) < 4.78 is 11.3. The van der Waals surface area contributed by atoms with E-state index in [4.69, 9.17) is 9.15 Å². The van der Waals surface area contributed by atoms with E-state index in [1.54, 1.807) is 7.11 Å². The maximum atomic E-state index is 9.20. The van der Waals surface area contributed by atoms with Crippen LogP contribution in [0, 0.1) is 5.92 Å². The van der Waals surface area contributed by atoms with Crippen LogP contribution in [0.2, 0.25) is 0 Å². The highest BCUT2D eigenvalue weighted by atomic mass is 16.5. The summed E-state index contributed by atoms with van der Waals surface area (Å²) in [5.41, 5.74) is 0.800. The van der Waals surface area contributed by atoms with E-state index in [1.807, 2.05) is 18.2 Å². The van der Waals surface area contributed by atoms with Gasteiger partial charge in [-0.25, -0.2) is 0 Å². The number of benzene rings is 1. The fraction of sp³-hybridized carbons (Fsp3) is 0.529. The van der Waals surface area contributed by atoms with Crippen LogP contribution in [-0.4, -0.2) is 24.9 Å². The van der Waals surface area contributed by atoms with Gasteiger partial charge in [-0.1, -0.05) is 12.1 Å². The fourth-order valence-electron chi connectivity index (χ4n) is 2.93. The van der Waals surface area contributed by atoms with E-state index in [-0.39, 0.29) is 12.6 Å². The van der Waals surface area contributed by atoms with Crippen molar-refractivity contribution in [3.05, 3.63) is 30.0 Å². The number of hydrogen-bond acceptors (Lipinski definition) is 4. The lowest BCUT2D eigenvalue weighted by Crippen LogP contribution is -2.34. The Balaban J connectivity index is 1.79. The summed E-state index contributed by atoms with van der Waals surface area (Å²) in [6.07, 6.45) is 3.33. The number of nitrogens with one attached hydrogen (secondary N) is 1. The molecule has 1 aromatic heterocycles. The van der Waals surface area contributed by atoms with Crippen LogP contribution in [-0.2, 0) is 0 Å². The first-order valence-corrected chi connectivity index (χ1v) is 7.66. The minimum absolute atomic E-state index is 0.124. The lowest BCUT2D eigenvalue weighted by Gasteiger charge is -2.21. The quantitative estimate of drug-likeness (QED) is 0.821. The zero-order valence-electron chi connectivity index (χ0n) is 12.6. The van der Waals surface area contributed by atoms with Gasteiger partial charge in [-0.2, -0.15) is 0 Å². The van der Waals surface area contributed by atoms with Crippen molar-refractivity contribution in [1.82, 2.24) is 5.32 Å². The Bertz CT molecular complexity index is 603. The van der Waals surface area contributed by atoms with Gasteiger partial charge in [0.15, 0.2) is 11.3 Å². The van der Waals surface area contributed by atoms with Gasteiger partial charge < -0.3 is 19.6 Å². The molecular formula is C17H23NO3. The molecule has 2 atom stereocenters. The third-order valence-corrected chi connectivity index (χ3v) is 4.27. The molecule has 0 bridgehead atoms. The number of ether oxygens (including phenoxy) is 1. The highest BCUT2D eigenvalue weighted by Gasteiger charge is 2.32. The van der Waals surface area contributed by atoms with Gasteiger partial charge in [0.2, 0.25) is 0 Å². The maximum absolute atomic E-state index is 9.20. The Morgan fingerprint density at radius 1 is 1.43 bits per heavy atom. The molecular weight excluding hydrogens is 266 g/mol. The third kappa shape index (κ3) is 3.06. The largest absolute Gasteiger partial charge is 0.493 e. The normalized spacial score (nSPS) is 17.9. The van der Waals surface area contributed by atoms with Gasteiger partial charge in [-0.15, -0.1) is 0 Å². The van der Waals surface area contributed by atoms with Crippen molar-refractivity contribution in [3.63, 3.8) is 0 Å². The molecule has 0 saturated heterocycles. The fourth-order valence-corrected chi connectivity index (χ4v) is 2.93. The van der Waals surface area contributed by atoms with E-state index in [1.165, 1.54) is 12.8 Å². The van der Waals surface area contributed by atoms with Gasteiger partial charge >= 0.3 is 0 Å². The second-order valence-electron chi connectivity index (χ2n) is 5.87. The molecule has 1 saturated carbocycles. The minimum Gasteiger partial charge on any atom is -0.493 e. The van der Waals surface area contributed by atoms with Gasteiger partial charge in [0.05, 0.1) is 13.2 Å². The smallest absolute Gasteiger partial charge is 0.176 e. The molecule has 4 heteroatoms. The van der Waals surface area contributed by atoms with Gasteiger partial charge in [0.25, 0.3) is 0 Å². The number of furan rings is 1. The van der Waals surface area contributed by atoms with Crippen LogP contribution in [0.25, 0.3) is 11.0 Å². The van der Waals surface area contributed by atoms with Crippen molar-refractivity contribution in [3.8, 4) is 5.75 Å². The maximum Gasteiger partial charge on any atom is 0.176 e. The summed E-state index contributed by atoms with van der Waals surface area (Å²) in [7, 11) is 1.66. The van der Waals surface area contributed by atoms with Gasteiger partial charge in [0.1, 0.15) is 5.76 Å². The summed E-state index contributed by atoms with van der Waals surface area (Å²) in [5, 5.41) is 13.9. The molecule has 0 aliphatic heterocycles. The van der Waals surface area contributed by atoms with E-state index < -0.39 is 0 Å². The van der Waals surface area contributed by atoms with Crippen molar-refractivity contribution in [2.24, 2.45) is 5.92 Å². The topological polar surface area (TPSA) is 54.6 Å². The summed E-state index contributed by atoms with van der Waals surface area (Å²) in [5.74, 6) is 2.39. The van der Waals surface area contributed by atoms with Crippen LogP contribution in [0.1, 0.15) is 38.0 Å². The lowest BCUT2D eigenvalue weighted by molar-refractivity contribution is 0.246. The molecule has 1 heterocycles. The molecule has 1 fully saturated rings. The highest BCUT2D eigenvalue weighted by Crippen LogP contribution is 2.36. The molecule has 0 radical (unpaired) electrons. The van der Waals surface area contributed by atoms with Crippen molar-refractivity contribution >= 4 is 11.0 Å². The van der Waals surface area contributed by atoms with Crippen molar-refractivity contribution in [1.29, 1.82) is 0 Å². The van der Waals surface area contributed by atoms with Crippen LogP contribution >= 0.6 is 0 Å². The molecule has 0 spiro atoms. The van der Waals surface area contributed by atoms with Crippen LogP contribution < -0.4 is 10.1 Å². The van der Waals surface area contributed by atoms with E-state index in [0.717, 1.165) is 28.9 Å². The average molecular weight is 289 g/mol. The number of aliphatic hydroxyl groups is 1. The van der Waals surface area contributed by atoms with E-state index in [2.05, 4.69) is 18.3 Å². The van der Waals surface area contributed by atoms with E-state index in [9.17, 15) is 5.11 Å². The molecule has 1 aliphatic rings. The Morgan fingerprint density at radius 2 is 2.24 bits per heavy atom. The average Bonchev–Trinajstić information content (AvgIpc) is 3.24. The number of fused-ring (bicyclic) bond motifs is 1. The summed E-state index contributed by atoms with van der Waals surface area (Å²) >= 11 is 0. The molecule has 114 valence electrons. The summed E-state index contributed by atoms with van der Waals surface area (Å²) in [6.45, 7) is 2.34. The first kappa shape index (κ1) is 14.4. The molecule has 2 unspecified atom stereocenters. The van der Waals surface area contributed by atoms with Gasteiger partial charge in [0, 0.05) is 18.0 Å². The summed E-state index contributed by atoms with van der Waals surface area (Å²) in [6, 6.07) is 8.48. The zero-order chi connectivity index (χ0) is 14.8. The van der Waals surface area contributed by atoms with Gasteiger partial charge in [-0.3, -0.25) is 0 Å². The number of rotatable bonds is 7. The third-order valence-electron chi connectivity index (χ3n) is 4.27. The Kier molecular flexibility index (Phi) is 4.17. The van der Waals surface area contributed by atoms with Crippen molar-refractivity contribution in [2.75, 3.05) is 13.7 Å². The van der Waals surface area contributed by atoms with Crippen LogP contribution in [0.15, 0.2) is 28.7 Å². The molecule has 2 aromatic rings. The summed E-state index contributed by atoms with van der Waals surface area (Å²) in [4.78, 5) is 0. The zero-order valence-corrected chi connectivity index (χ0v) is 12.6. The van der Waals surface area contributed by atoms with Crippen LogP contribution in [0.4, 0.5) is 0 Å². The highest BCUT2D eigenvalue weighted by molar-refractivity contribution is 5.83. The number of aliphatic hydroxyl groups excluding tert-OH is 1. The number of hydrogen-bond donors (Lipinski definition) is 2.